The van der Waals surface area contributed by atoms with Crippen molar-refractivity contribution < 1.29 is 9.53 Å². The Labute approximate surface area is 136 Å². The SMILES string of the molecule is CCOc1ccc2c(c1)c(C=O)c(C)n2CCc1ccccc1. The van der Waals surface area contributed by atoms with Crippen molar-refractivity contribution in [2.24, 2.45) is 0 Å². The summed E-state index contributed by atoms with van der Waals surface area (Å²) in [5.41, 5.74) is 4.16. The van der Waals surface area contributed by atoms with Gasteiger partial charge in [0.15, 0.2) is 6.29 Å². The van der Waals surface area contributed by atoms with Crippen molar-refractivity contribution in [1.82, 2.24) is 4.57 Å². The minimum absolute atomic E-state index is 0.621. The summed E-state index contributed by atoms with van der Waals surface area (Å²) in [6, 6.07) is 16.4. The second-order valence-corrected chi connectivity index (χ2v) is 5.62. The minimum Gasteiger partial charge on any atom is -0.494 e. The molecule has 3 nitrogen and oxygen atoms in total. The molecule has 0 aliphatic rings. The summed E-state index contributed by atoms with van der Waals surface area (Å²) in [7, 11) is 0. The maximum absolute atomic E-state index is 11.5. The van der Waals surface area contributed by atoms with Crippen molar-refractivity contribution in [3.8, 4) is 5.75 Å². The van der Waals surface area contributed by atoms with Gasteiger partial charge in [0.25, 0.3) is 0 Å². The quantitative estimate of drug-likeness (QED) is 0.632. The maximum atomic E-state index is 11.5. The van der Waals surface area contributed by atoms with Crippen LogP contribution in [0.4, 0.5) is 0 Å². The summed E-state index contributed by atoms with van der Waals surface area (Å²) >= 11 is 0. The zero-order chi connectivity index (χ0) is 16.2. The highest BCUT2D eigenvalue weighted by molar-refractivity contribution is 6.00. The topological polar surface area (TPSA) is 31.2 Å². The molecular formula is C20H21NO2. The van der Waals surface area contributed by atoms with Gasteiger partial charge in [0.2, 0.25) is 0 Å². The van der Waals surface area contributed by atoms with Crippen LogP contribution in [0.25, 0.3) is 10.9 Å². The van der Waals surface area contributed by atoms with Crippen LogP contribution in [0.5, 0.6) is 5.75 Å². The summed E-state index contributed by atoms with van der Waals surface area (Å²) < 4.78 is 7.79. The predicted octanol–water partition coefficient (Wildman–Crippen LogP) is 4.40. The number of aryl methyl sites for hydroxylation is 2. The molecular weight excluding hydrogens is 286 g/mol. The lowest BCUT2D eigenvalue weighted by atomic mass is 10.1. The van der Waals surface area contributed by atoms with E-state index in [1.54, 1.807) is 0 Å². The highest BCUT2D eigenvalue weighted by atomic mass is 16.5. The Kier molecular flexibility index (Phi) is 4.47. The Balaban J connectivity index is 1.99. The fourth-order valence-corrected chi connectivity index (χ4v) is 3.07. The van der Waals surface area contributed by atoms with Gasteiger partial charge in [0.1, 0.15) is 5.75 Å². The molecule has 0 saturated heterocycles. The first-order valence-electron chi connectivity index (χ1n) is 7.99. The molecule has 0 bridgehead atoms. The van der Waals surface area contributed by atoms with Crippen molar-refractivity contribution in [1.29, 1.82) is 0 Å². The van der Waals surface area contributed by atoms with Gasteiger partial charge in [0.05, 0.1) is 6.61 Å². The molecule has 1 heterocycles. The van der Waals surface area contributed by atoms with Crippen LogP contribution in [0.1, 0.15) is 28.5 Å². The van der Waals surface area contributed by atoms with Crippen LogP contribution in [-0.2, 0) is 13.0 Å². The highest BCUT2D eigenvalue weighted by Crippen LogP contribution is 2.28. The van der Waals surface area contributed by atoms with Crippen LogP contribution in [0, 0.1) is 6.92 Å². The third kappa shape index (κ3) is 3.00. The molecule has 3 aromatic rings. The largest absolute Gasteiger partial charge is 0.494 e. The fraction of sp³-hybridized carbons (Fsp3) is 0.250. The lowest BCUT2D eigenvalue weighted by Gasteiger charge is -2.09. The zero-order valence-electron chi connectivity index (χ0n) is 13.6. The minimum atomic E-state index is 0.621. The predicted molar refractivity (Wildman–Crippen MR) is 93.4 cm³/mol. The number of hydrogen-bond acceptors (Lipinski definition) is 2. The second-order valence-electron chi connectivity index (χ2n) is 5.62. The molecule has 0 aliphatic carbocycles. The van der Waals surface area contributed by atoms with Gasteiger partial charge in [-0.25, -0.2) is 0 Å². The summed E-state index contributed by atoms with van der Waals surface area (Å²) in [4.78, 5) is 11.5. The number of hydrogen-bond donors (Lipinski definition) is 0. The standard InChI is InChI=1S/C20H21NO2/c1-3-23-17-9-10-20-18(13-17)19(14-22)15(2)21(20)12-11-16-7-5-4-6-8-16/h4-10,13-14H,3,11-12H2,1-2H3. The average molecular weight is 307 g/mol. The van der Waals surface area contributed by atoms with Crippen LogP contribution < -0.4 is 4.74 Å². The number of rotatable bonds is 6. The molecule has 0 saturated carbocycles. The van der Waals surface area contributed by atoms with Gasteiger partial charge in [0, 0.05) is 28.7 Å². The van der Waals surface area contributed by atoms with Gasteiger partial charge < -0.3 is 9.30 Å². The molecule has 2 aromatic carbocycles. The molecule has 0 spiro atoms. The first kappa shape index (κ1) is 15.3. The summed E-state index contributed by atoms with van der Waals surface area (Å²) in [6.07, 6.45) is 1.89. The highest BCUT2D eigenvalue weighted by Gasteiger charge is 2.14. The van der Waals surface area contributed by atoms with Crippen LogP contribution >= 0.6 is 0 Å². The normalized spacial score (nSPS) is 10.9. The van der Waals surface area contributed by atoms with Gasteiger partial charge in [-0.1, -0.05) is 30.3 Å². The molecule has 0 unspecified atom stereocenters. The van der Waals surface area contributed by atoms with E-state index < -0.39 is 0 Å². The monoisotopic (exact) mass is 307 g/mol. The number of carbonyl (C=O) groups is 1. The molecule has 0 fully saturated rings. The van der Waals surface area contributed by atoms with Crippen LogP contribution in [0.15, 0.2) is 48.5 Å². The number of benzene rings is 2. The summed E-state index contributed by atoms with van der Waals surface area (Å²) in [5.74, 6) is 0.809. The van der Waals surface area contributed by atoms with Crippen LogP contribution in [0.2, 0.25) is 0 Å². The van der Waals surface area contributed by atoms with E-state index >= 15 is 0 Å². The first-order chi connectivity index (χ1) is 11.2. The van der Waals surface area contributed by atoms with E-state index in [0.29, 0.717) is 6.61 Å². The van der Waals surface area contributed by atoms with Crippen LogP contribution in [0.3, 0.4) is 0 Å². The molecule has 0 aliphatic heterocycles. The van der Waals surface area contributed by atoms with Gasteiger partial charge in [-0.05, 0) is 44.0 Å². The van der Waals surface area contributed by atoms with Crippen molar-refractivity contribution in [2.45, 2.75) is 26.8 Å². The van der Waals surface area contributed by atoms with Crippen molar-refractivity contribution >= 4 is 17.2 Å². The Morgan fingerprint density at radius 1 is 1.13 bits per heavy atom. The molecule has 3 heteroatoms. The number of aromatic nitrogens is 1. The molecule has 23 heavy (non-hydrogen) atoms. The van der Waals surface area contributed by atoms with E-state index in [0.717, 1.165) is 47.2 Å². The van der Waals surface area contributed by atoms with Crippen molar-refractivity contribution in [2.75, 3.05) is 6.61 Å². The van der Waals surface area contributed by atoms with Gasteiger partial charge >= 0.3 is 0 Å². The maximum Gasteiger partial charge on any atom is 0.152 e. The molecule has 0 amide bonds. The summed E-state index contributed by atoms with van der Waals surface area (Å²) in [6.45, 7) is 5.44. The molecule has 1 aromatic heterocycles. The van der Waals surface area contributed by atoms with E-state index in [1.165, 1.54) is 5.56 Å². The summed E-state index contributed by atoms with van der Waals surface area (Å²) in [5, 5.41) is 0.969. The lowest BCUT2D eigenvalue weighted by molar-refractivity contribution is 0.112. The van der Waals surface area contributed by atoms with Gasteiger partial charge in [-0.3, -0.25) is 4.79 Å². The third-order valence-electron chi connectivity index (χ3n) is 4.24. The Morgan fingerprint density at radius 3 is 2.61 bits per heavy atom. The average Bonchev–Trinajstić information content (AvgIpc) is 2.84. The van der Waals surface area contributed by atoms with Crippen molar-refractivity contribution in [3.63, 3.8) is 0 Å². The third-order valence-corrected chi connectivity index (χ3v) is 4.24. The lowest BCUT2D eigenvalue weighted by Crippen LogP contribution is -2.03. The number of nitrogens with zero attached hydrogens (tertiary/aromatic N) is 1. The Morgan fingerprint density at radius 2 is 1.91 bits per heavy atom. The van der Waals surface area contributed by atoms with E-state index in [1.807, 2.05) is 38.1 Å². The fourth-order valence-electron chi connectivity index (χ4n) is 3.07. The van der Waals surface area contributed by atoms with E-state index in [4.69, 9.17) is 4.74 Å². The Bertz CT molecular complexity index is 819. The van der Waals surface area contributed by atoms with Crippen molar-refractivity contribution in [3.05, 3.63) is 65.4 Å². The molecule has 0 atom stereocenters. The van der Waals surface area contributed by atoms with E-state index in [-0.39, 0.29) is 0 Å². The van der Waals surface area contributed by atoms with Crippen LogP contribution in [-0.4, -0.2) is 17.5 Å². The second kappa shape index (κ2) is 6.69. The number of fused-ring (bicyclic) bond motifs is 1. The van der Waals surface area contributed by atoms with E-state index in [2.05, 4.69) is 28.8 Å². The molecule has 118 valence electrons. The number of aldehydes is 1. The first-order valence-corrected chi connectivity index (χ1v) is 7.99. The number of carbonyl (C=O) groups excluding carboxylic acids is 1. The zero-order valence-corrected chi connectivity index (χ0v) is 13.6. The van der Waals surface area contributed by atoms with Gasteiger partial charge in [-0.2, -0.15) is 0 Å². The van der Waals surface area contributed by atoms with Gasteiger partial charge in [-0.15, -0.1) is 0 Å². The molecule has 0 N–H and O–H groups in total. The van der Waals surface area contributed by atoms with E-state index in [9.17, 15) is 4.79 Å². The number of ether oxygens (including phenoxy) is 1. The smallest absolute Gasteiger partial charge is 0.152 e. The molecule has 3 rings (SSSR count). The molecule has 0 radical (unpaired) electrons. The Hall–Kier alpha value is -2.55.